The van der Waals surface area contributed by atoms with Crippen LogP contribution in [0.5, 0.6) is 5.75 Å². The van der Waals surface area contributed by atoms with Crippen LogP contribution < -0.4 is 10.1 Å². The summed E-state index contributed by atoms with van der Waals surface area (Å²) in [6.07, 6.45) is 0. The lowest BCUT2D eigenvalue weighted by Crippen LogP contribution is -2.20. The first-order valence-corrected chi connectivity index (χ1v) is 9.56. The lowest BCUT2D eigenvalue weighted by Gasteiger charge is -2.06. The van der Waals surface area contributed by atoms with Crippen LogP contribution in [0, 0.1) is 0 Å². The van der Waals surface area contributed by atoms with Crippen LogP contribution in [-0.4, -0.2) is 22.7 Å². The molecule has 0 radical (unpaired) electrons. The van der Waals surface area contributed by atoms with Crippen molar-refractivity contribution in [1.82, 2.24) is 10.2 Å². The first kappa shape index (κ1) is 17.7. The summed E-state index contributed by atoms with van der Waals surface area (Å²) in [4.78, 5) is 11.9. The molecule has 0 spiro atoms. The molecule has 25 heavy (non-hydrogen) atoms. The van der Waals surface area contributed by atoms with Gasteiger partial charge < -0.3 is 4.74 Å². The number of carbonyl (C=O) groups is 1. The number of nitrogens with one attached hydrogen (secondary N) is 1. The second-order valence-electron chi connectivity index (χ2n) is 4.91. The number of rotatable bonds is 7. The van der Waals surface area contributed by atoms with Crippen LogP contribution in [0.4, 0.5) is 5.13 Å². The number of ether oxygens (including phenoxy) is 1. The number of aromatic nitrogens is 2. The van der Waals surface area contributed by atoms with Gasteiger partial charge in [0, 0.05) is 5.75 Å². The molecule has 1 heterocycles. The van der Waals surface area contributed by atoms with E-state index in [1.165, 1.54) is 16.9 Å². The van der Waals surface area contributed by atoms with Gasteiger partial charge in [-0.05, 0) is 17.7 Å². The minimum atomic E-state index is -0.310. The molecule has 0 unspecified atom stereocenters. The number of para-hydroxylation sites is 1. The van der Waals surface area contributed by atoms with Crippen molar-refractivity contribution in [3.63, 3.8) is 0 Å². The number of nitrogens with zero attached hydrogens (tertiary/aromatic N) is 2. The molecule has 1 N–H and O–H groups in total. The quantitative estimate of drug-likeness (QED) is 0.474. The predicted octanol–water partition coefficient (Wildman–Crippen LogP) is 4.50. The van der Waals surface area contributed by atoms with Crippen LogP contribution in [0.1, 0.15) is 5.56 Å². The van der Waals surface area contributed by atoms with Crippen molar-refractivity contribution >= 4 is 45.7 Å². The van der Waals surface area contributed by atoms with Gasteiger partial charge in [0.1, 0.15) is 5.75 Å². The lowest BCUT2D eigenvalue weighted by atomic mass is 10.2. The zero-order valence-electron chi connectivity index (χ0n) is 13.0. The highest BCUT2D eigenvalue weighted by atomic mass is 35.5. The minimum Gasteiger partial charge on any atom is -0.482 e. The number of carbonyl (C=O) groups excluding carboxylic acids is 1. The fraction of sp³-hybridized carbons (Fsp3) is 0.118. The molecule has 3 rings (SSSR count). The molecule has 0 fully saturated rings. The molecular weight excluding hydrogens is 378 g/mol. The molecule has 3 aromatic rings. The molecule has 1 amide bonds. The summed E-state index contributed by atoms with van der Waals surface area (Å²) in [5.74, 6) is 0.963. The Morgan fingerprint density at radius 2 is 1.88 bits per heavy atom. The maximum atomic E-state index is 11.9. The van der Waals surface area contributed by atoms with Crippen LogP contribution in [0.3, 0.4) is 0 Å². The highest BCUT2D eigenvalue weighted by Crippen LogP contribution is 2.28. The number of hydrogen-bond acceptors (Lipinski definition) is 6. The van der Waals surface area contributed by atoms with Gasteiger partial charge in [0.05, 0.1) is 5.02 Å². The standard InChI is InChI=1S/C17H14ClN3O2S2/c18-13-8-4-5-9-14(13)23-10-15(22)19-16-20-21-17(25-16)24-11-12-6-2-1-3-7-12/h1-9H,10-11H2,(H,19,20,22). The zero-order chi connectivity index (χ0) is 17.5. The molecule has 2 aromatic carbocycles. The van der Waals surface area contributed by atoms with Gasteiger partial charge in [-0.15, -0.1) is 10.2 Å². The number of amides is 1. The van der Waals surface area contributed by atoms with Gasteiger partial charge in [0.15, 0.2) is 10.9 Å². The van der Waals surface area contributed by atoms with E-state index in [1.54, 1.807) is 36.0 Å². The molecule has 0 bridgehead atoms. The van der Waals surface area contributed by atoms with Crippen molar-refractivity contribution in [2.75, 3.05) is 11.9 Å². The molecule has 5 nitrogen and oxygen atoms in total. The van der Waals surface area contributed by atoms with Crippen LogP contribution in [-0.2, 0) is 10.5 Å². The Balaban J connectivity index is 1.47. The van der Waals surface area contributed by atoms with E-state index >= 15 is 0 Å². The van der Waals surface area contributed by atoms with Crippen molar-refractivity contribution < 1.29 is 9.53 Å². The Bertz CT molecular complexity index is 843. The Morgan fingerprint density at radius 3 is 2.68 bits per heavy atom. The smallest absolute Gasteiger partial charge is 0.264 e. The summed E-state index contributed by atoms with van der Waals surface area (Å²) in [5, 5.41) is 11.6. The van der Waals surface area contributed by atoms with E-state index in [9.17, 15) is 4.79 Å². The van der Waals surface area contributed by atoms with Crippen molar-refractivity contribution in [3.8, 4) is 5.75 Å². The monoisotopic (exact) mass is 391 g/mol. The molecule has 0 saturated heterocycles. The Labute approximate surface area is 158 Å². The van der Waals surface area contributed by atoms with Gasteiger partial charge in [-0.3, -0.25) is 10.1 Å². The summed E-state index contributed by atoms with van der Waals surface area (Å²) in [6.45, 7) is -0.143. The summed E-state index contributed by atoms with van der Waals surface area (Å²) in [7, 11) is 0. The summed E-state index contributed by atoms with van der Waals surface area (Å²) in [6, 6.07) is 17.1. The average molecular weight is 392 g/mol. The first-order chi connectivity index (χ1) is 12.2. The molecule has 1 aromatic heterocycles. The summed E-state index contributed by atoms with van der Waals surface area (Å²) in [5.41, 5.74) is 1.21. The predicted molar refractivity (Wildman–Crippen MR) is 101 cm³/mol. The van der Waals surface area contributed by atoms with Gasteiger partial charge >= 0.3 is 0 Å². The van der Waals surface area contributed by atoms with Crippen molar-refractivity contribution in [2.45, 2.75) is 10.1 Å². The second kappa shape index (κ2) is 8.84. The number of hydrogen-bond donors (Lipinski definition) is 1. The number of halogens is 1. The van der Waals surface area contributed by atoms with Crippen molar-refractivity contribution in [2.24, 2.45) is 0 Å². The van der Waals surface area contributed by atoms with Gasteiger partial charge in [-0.2, -0.15) is 0 Å². The molecule has 128 valence electrons. The van der Waals surface area contributed by atoms with Crippen molar-refractivity contribution in [1.29, 1.82) is 0 Å². The normalized spacial score (nSPS) is 10.4. The molecule has 0 aliphatic heterocycles. The van der Waals surface area contributed by atoms with Crippen LogP contribution in [0.25, 0.3) is 0 Å². The second-order valence-corrected chi connectivity index (χ2v) is 7.52. The van der Waals surface area contributed by atoms with Gasteiger partial charge in [0.2, 0.25) is 5.13 Å². The first-order valence-electron chi connectivity index (χ1n) is 7.38. The summed E-state index contributed by atoms with van der Waals surface area (Å²) >= 11 is 8.89. The summed E-state index contributed by atoms with van der Waals surface area (Å²) < 4.78 is 6.19. The zero-order valence-corrected chi connectivity index (χ0v) is 15.4. The number of thioether (sulfide) groups is 1. The highest BCUT2D eigenvalue weighted by Gasteiger charge is 2.10. The maximum Gasteiger partial charge on any atom is 0.264 e. The van der Waals surface area contributed by atoms with Crippen LogP contribution in [0.2, 0.25) is 5.02 Å². The Morgan fingerprint density at radius 1 is 1.12 bits per heavy atom. The fourth-order valence-corrected chi connectivity index (χ4v) is 3.81. The highest BCUT2D eigenvalue weighted by molar-refractivity contribution is 8.00. The molecule has 0 saturated carbocycles. The Kier molecular flexibility index (Phi) is 6.27. The maximum absolute atomic E-state index is 11.9. The van der Waals surface area contributed by atoms with Gasteiger partial charge in [0.25, 0.3) is 5.91 Å². The van der Waals surface area contributed by atoms with E-state index in [4.69, 9.17) is 16.3 Å². The minimum absolute atomic E-state index is 0.143. The third-order valence-corrected chi connectivity index (χ3v) is 5.41. The molecule has 0 aliphatic rings. The largest absolute Gasteiger partial charge is 0.482 e. The molecule has 0 atom stereocenters. The van der Waals surface area contributed by atoms with E-state index in [0.29, 0.717) is 15.9 Å². The Hall–Kier alpha value is -2.09. The van der Waals surface area contributed by atoms with Crippen LogP contribution in [0.15, 0.2) is 58.9 Å². The molecule has 0 aliphatic carbocycles. The fourth-order valence-electron chi connectivity index (χ4n) is 1.90. The van der Waals surface area contributed by atoms with E-state index in [0.717, 1.165) is 10.1 Å². The van der Waals surface area contributed by atoms with Crippen LogP contribution >= 0.6 is 34.7 Å². The van der Waals surface area contributed by atoms with E-state index in [2.05, 4.69) is 27.6 Å². The topological polar surface area (TPSA) is 64.1 Å². The average Bonchev–Trinajstić information content (AvgIpc) is 3.07. The molecular formula is C17H14ClN3O2S2. The van der Waals surface area contributed by atoms with E-state index in [-0.39, 0.29) is 12.5 Å². The van der Waals surface area contributed by atoms with Crippen molar-refractivity contribution in [3.05, 3.63) is 65.2 Å². The van der Waals surface area contributed by atoms with Gasteiger partial charge in [-0.25, -0.2) is 0 Å². The SMILES string of the molecule is O=C(COc1ccccc1Cl)Nc1nnc(SCc2ccccc2)s1. The number of benzene rings is 2. The number of anilines is 1. The third kappa shape index (κ3) is 5.45. The third-order valence-electron chi connectivity index (χ3n) is 3.05. The lowest BCUT2D eigenvalue weighted by molar-refractivity contribution is -0.118. The molecule has 8 heteroatoms. The van der Waals surface area contributed by atoms with E-state index in [1.807, 2.05) is 18.2 Å². The van der Waals surface area contributed by atoms with E-state index < -0.39 is 0 Å². The van der Waals surface area contributed by atoms with Gasteiger partial charge in [-0.1, -0.05) is 77.2 Å².